The van der Waals surface area contributed by atoms with Gasteiger partial charge in [-0.25, -0.2) is 4.79 Å². The number of aliphatic imine (C=N–C) groups is 1. The van der Waals surface area contributed by atoms with E-state index in [1.54, 1.807) is 0 Å². The van der Waals surface area contributed by atoms with Crippen molar-refractivity contribution in [3.8, 4) is 0 Å². The fourth-order valence-electron chi connectivity index (χ4n) is 1.51. The maximum absolute atomic E-state index is 11.7. The lowest BCUT2D eigenvalue weighted by Crippen LogP contribution is -2.48. The smallest absolute Gasteiger partial charge is 0.326 e. The van der Waals surface area contributed by atoms with Crippen LogP contribution in [0, 0.1) is 0 Å². The van der Waals surface area contributed by atoms with Crippen LogP contribution in [0.3, 0.4) is 0 Å². The van der Waals surface area contributed by atoms with Gasteiger partial charge < -0.3 is 33.4 Å². The number of nitrogens with two attached hydrogens (primary N) is 4. The number of carbonyl (C=O) groups is 2. The van der Waals surface area contributed by atoms with Gasteiger partial charge in [0.05, 0.1) is 6.04 Å². The summed E-state index contributed by atoms with van der Waals surface area (Å²) in [7, 11) is 0. The number of amides is 1. The summed E-state index contributed by atoms with van der Waals surface area (Å²) in [5.74, 6) is -1.66. The lowest BCUT2D eigenvalue weighted by Gasteiger charge is -2.17. The van der Waals surface area contributed by atoms with E-state index >= 15 is 0 Å². The molecule has 0 aromatic heterocycles. The van der Waals surface area contributed by atoms with Gasteiger partial charge in [-0.05, 0) is 32.2 Å². The van der Waals surface area contributed by atoms with Crippen LogP contribution in [0.15, 0.2) is 4.99 Å². The summed E-state index contributed by atoms with van der Waals surface area (Å²) < 4.78 is 0. The number of hydrogen-bond donors (Lipinski definition) is 6. The van der Waals surface area contributed by atoms with Gasteiger partial charge in [0.1, 0.15) is 6.04 Å². The SMILES string of the molecule is NCCC[C@H](N)C(=O)N[C@@H](CCCN=C(N)N)C(=O)O. The number of hydrogen-bond acceptors (Lipinski definition) is 5. The van der Waals surface area contributed by atoms with Crippen molar-refractivity contribution in [2.75, 3.05) is 13.1 Å². The van der Waals surface area contributed by atoms with Gasteiger partial charge in [0.25, 0.3) is 0 Å². The Kier molecular flexibility index (Phi) is 9.05. The van der Waals surface area contributed by atoms with Crippen molar-refractivity contribution in [3.63, 3.8) is 0 Å². The Morgan fingerprint density at radius 3 is 2.35 bits per heavy atom. The molecule has 0 rings (SSSR count). The molecule has 9 nitrogen and oxygen atoms in total. The van der Waals surface area contributed by atoms with Gasteiger partial charge in [0.2, 0.25) is 5.91 Å². The number of carboxylic acids is 1. The first kappa shape index (κ1) is 18.1. The second kappa shape index (κ2) is 9.98. The van der Waals surface area contributed by atoms with Crippen LogP contribution in [0.4, 0.5) is 0 Å². The molecule has 0 heterocycles. The molecular formula is C11H24N6O3. The Hall–Kier alpha value is -1.87. The van der Waals surface area contributed by atoms with Crippen LogP contribution in [0.5, 0.6) is 0 Å². The summed E-state index contributed by atoms with van der Waals surface area (Å²) in [5.41, 5.74) is 21.3. The summed E-state index contributed by atoms with van der Waals surface area (Å²) in [6.07, 6.45) is 1.69. The van der Waals surface area contributed by atoms with E-state index in [-0.39, 0.29) is 12.4 Å². The lowest BCUT2D eigenvalue weighted by molar-refractivity contribution is -0.142. The number of aliphatic carboxylic acids is 1. The van der Waals surface area contributed by atoms with E-state index in [0.29, 0.717) is 32.4 Å². The Morgan fingerprint density at radius 2 is 1.85 bits per heavy atom. The predicted octanol–water partition coefficient (Wildman–Crippen LogP) is -2.32. The second-order valence-electron chi connectivity index (χ2n) is 4.39. The quantitative estimate of drug-likeness (QED) is 0.148. The zero-order valence-electron chi connectivity index (χ0n) is 11.4. The molecule has 0 aliphatic carbocycles. The molecule has 0 aliphatic heterocycles. The van der Waals surface area contributed by atoms with Crippen molar-refractivity contribution in [2.45, 2.75) is 37.8 Å². The lowest BCUT2D eigenvalue weighted by atomic mass is 10.1. The van der Waals surface area contributed by atoms with Crippen molar-refractivity contribution in [1.82, 2.24) is 5.32 Å². The Labute approximate surface area is 117 Å². The van der Waals surface area contributed by atoms with Crippen molar-refractivity contribution < 1.29 is 14.7 Å². The number of nitrogens with zero attached hydrogens (tertiary/aromatic N) is 1. The van der Waals surface area contributed by atoms with Gasteiger partial charge in [0.15, 0.2) is 5.96 Å². The normalized spacial score (nSPS) is 13.3. The number of nitrogens with one attached hydrogen (secondary N) is 1. The third-order valence-electron chi connectivity index (χ3n) is 2.62. The van der Waals surface area contributed by atoms with Crippen molar-refractivity contribution >= 4 is 17.8 Å². The second-order valence-corrected chi connectivity index (χ2v) is 4.39. The van der Waals surface area contributed by atoms with Crippen LogP contribution < -0.4 is 28.3 Å². The zero-order valence-corrected chi connectivity index (χ0v) is 11.4. The third kappa shape index (κ3) is 8.27. The highest BCUT2D eigenvalue weighted by atomic mass is 16.4. The van der Waals surface area contributed by atoms with Crippen molar-refractivity contribution in [1.29, 1.82) is 0 Å². The molecule has 20 heavy (non-hydrogen) atoms. The van der Waals surface area contributed by atoms with Gasteiger partial charge in [-0.3, -0.25) is 9.79 Å². The fraction of sp³-hybridized carbons (Fsp3) is 0.727. The molecule has 9 heteroatoms. The number of carbonyl (C=O) groups excluding carboxylic acids is 1. The van der Waals surface area contributed by atoms with Crippen LogP contribution in [0.25, 0.3) is 0 Å². The van der Waals surface area contributed by atoms with E-state index in [9.17, 15) is 9.59 Å². The van der Waals surface area contributed by atoms with Gasteiger partial charge in [-0.2, -0.15) is 0 Å². The molecule has 1 amide bonds. The Bertz CT molecular complexity index is 343. The maximum atomic E-state index is 11.7. The summed E-state index contributed by atoms with van der Waals surface area (Å²) >= 11 is 0. The molecule has 0 fully saturated rings. The van der Waals surface area contributed by atoms with Crippen LogP contribution in [-0.2, 0) is 9.59 Å². The number of rotatable bonds is 10. The van der Waals surface area contributed by atoms with E-state index in [0.717, 1.165) is 0 Å². The molecule has 116 valence electrons. The van der Waals surface area contributed by atoms with Gasteiger partial charge in [-0.15, -0.1) is 0 Å². The molecular weight excluding hydrogens is 264 g/mol. The molecule has 0 radical (unpaired) electrons. The molecule has 0 unspecified atom stereocenters. The molecule has 0 aromatic rings. The Balaban J connectivity index is 4.22. The largest absolute Gasteiger partial charge is 0.480 e. The predicted molar refractivity (Wildman–Crippen MR) is 75.7 cm³/mol. The number of guanidine groups is 1. The summed E-state index contributed by atoms with van der Waals surface area (Å²) in [5, 5.41) is 11.4. The van der Waals surface area contributed by atoms with E-state index in [4.69, 9.17) is 28.0 Å². The van der Waals surface area contributed by atoms with Gasteiger partial charge in [0, 0.05) is 6.54 Å². The molecule has 0 bridgehead atoms. The first-order valence-corrected chi connectivity index (χ1v) is 6.42. The molecule has 0 aromatic carbocycles. The summed E-state index contributed by atoms with van der Waals surface area (Å²) in [6.45, 7) is 0.739. The average molecular weight is 288 g/mol. The van der Waals surface area contributed by atoms with E-state index in [1.807, 2.05) is 0 Å². The summed E-state index contributed by atoms with van der Waals surface area (Å²) in [6, 6.07) is -1.75. The first-order chi connectivity index (χ1) is 9.38. The average Bonchev–Trinajstić information content (AvgIpc) is 2.38. The zero-order chi connectivity index (χ0) is 15.5. The van der Waals surface area contributed by atoms with Crippen LogP contribution >= 0.6 is 0 Å². The molecule has 10 N–H and O–H groups in total. The molecule has 0 spiro atoms. The minimum absolute atomic E-state index is 0.0512. The third-order valence-corrected chi connectivity index (χ3v) is 2.62. The van der Waals surface area contributed by atoms with E-state index in [1.165, 1.54) is 0 Å². The van der Waals surface area contributed by atoms with E-state index in [2.05, 4.69) is 10.3 Å². The monoisotopic (exact) mass is 288 g/mol. The minimum Gasteiger partial charge on any atom is -0.480 e. The van der Waals surface area contributed by atoms with Crippen LogP contribution in [0.1, 0.15) is 25.7 Å². The fourth-order valence-corrected chi connectivity index (χ4v) is 1.51. The summed E-state index contributed by atoms with van der Waals surface area (Å²) in [4.78, 5) is 26.5. The van der Waals surface area contributed by atoms with Crippen LogP contribution in [0.2, 0.25) is 0 Å². The standard InChI is InChI=1S/C11H24N6O3/c12-5-1-3-7(13)9(18)17-8(10(19)20)4-2-6-16-11(14)15/h7-8H,1-6,12-13H2,(H,17,18)(H,19,20)(H4,14,15,16)/t7-,8-/m0/s1. The van der Waals surface area contributed by atoms with Crippen molar-refractivity contribution in [2.24, 2.45) is 27.9 Å². The first-order valence-electron chi connectivity index (χ1n) is 6.42. The van der Waals surface area contributed by atoms with Crippen LogP contribution in [-0.4, -0.2) is 48.1 Å². The van der Waals surface area contributed by atoms with Gasteiger partial charge in [-0.1, -0.05) is 0 Å². The number of carboxylic acid groups (broad SMARTS) is 1. The molecule has 0 saturated heterocycles. The topological polar surface area (TPSA) is 183 Å². The molecule has 0 aliphatic rings. The molecule has 2 atom stereocenters. The highest BCUT2D eigenvalue weighted by molar-refractivity contribution is 5.86. The Morgan fingerprint density at radius 1 is 1.20 bits per heavy atom. The van der Waals surface area contributed by atoms with Gasteiger partial charge >= 0.3 is 5.97 Å². The van der Waals surface area contributed by atoms with Crippen molar-refractivity contribution in [3.05, 3.63) is 0 Å². The molecule has 0 saturated carbocycles. The highest BCUT2D eigenvalue weighted by Crippen LogP contribution is 2.01. The minimum atomic E-state index is -1.12. The highest BCUT2D eigenvalue weighted by Gasteiger charge is 2.22. The maximum Gasteiger partial charge on any atom is 0.326 e. The van der Waals surface area contributed by atoms with E-state index < -0.39 is 24.0 Å².